The van der Waals surface area contributed by atoms with E-state index < -0.39 is 21.2 Å². The van der Waals surface area contributed by atoms with E-state index in [9.17, 15) is 13.2 Å². The highest BCUT2D eigenvalue weighted by atomic mass is 32.2. The number of carboxylic acid groups (broad SMARTS) is 1. The van der Waals surface area contributed by atoms with E-state index in [1.807, 2.05) is 6.92 Å². The monoisotopic (exact) mass is 235 g/mol. The minimum Gasteiger partial charge on any atom is -0.480 e. The molecular weight excluding hydrogens is 218 g/mol. The van der Waals surface area contributed by atoms with Crippen LogP contribution in [0, 0.1) is 5.41 Å². The standard InChI is InChI=1S/C9H17NO4S/c1-3-9(4-5-9)6-10-15(13,14)7(2)8(11)12/h7,10H,3-6H2,1-2H3,(H,11,12). The van der Waals surface area contributed by atoms with Gasteiger partial charge < -0.3 is 5.11 Å². The molecule has 1 aliphatic rings. The summed E-state index contributed by atoms with van der Waals surface area (Å²) in [6.45, 7) is 3.56. The van der Waals surface area contributed by atoms with Crippen LogP contribution in [0.4, 0.5) is 0 Å². The van der Waals surface area contributed by atoms with Crippen molar-refractivity contribution in [2.24, 2.45) is 5.41 Å². The Balaban J connectivity index is 2.54. The predicted molar refractivity (Wildman–Crippen MR) is 56.0 cm³/mol. The summed E-state index contributed by atoms with van der Waals surface area (Å²) in [6, 6.07) is 0. The number of rotatable bonds is 6. The predicted octanol–water partition coefficient (Wildman–Crippen LogP) is 0.569. The lowest BCUT2D eigenvalue weighted by Gasteiger charge is -2.15. The number of sulfonamides is 1. The van der Waals surface area contributed by atoms with E-state index in [1.54, 1.807) is 0 Å². The van der Waals surface area contributed by atoms with E-state index in [-0.39, 0.29) is 5.41 Å². The van der Waals surface area contributed by atoms with Gasteiger partial charge in [0, 0.05) is 6.54 Å². The van der Waals surface area contributed by atoms with Gasteiger partial charge in [-0.1, -0.05) is 6.92 Å². The van der Waals surface area contributed by atoms with Crippen LogP contribution in [0.3, 0.4) is 0 Å². The van der Waals surface area contributed by atoms with E-state index in [1.165, 1.54) is 6.92 Å². The summed E-state index contributed by atoms with van der Waals surface area (Å²) in [6.07, 6.45) is 2.97. The minimum atomic E-state index is -3.71. The van der Waals surface area contributed by atoms with Crippen molar-refractivity contribution in [3.8, 4) is 0 Å². The summed E-state index contributed by atoms with van der Waals surface area (Å²) >= 11 is 0. The molecule has 0 bridgehead atoms. The Morgan fingerprint density at radius 3 is 2.40 bits per heavy atom. The van der Waals surface area contributed by atoms with Gasteiger partial charge in [0.2, 0.25) is 10.0 Å². The second kappa shape index (κ2) is 4.09. The molecule has 6 heteroatoms. The van der Waals surface area contributed by atoms with Gasteiger partial charge in [-0.25, -0.2) is 13.1 Å². The van der Waals surface area contributed by atoms with Crippen LogP contribution < -0.4 is 4.72 Å². The molecule has 88 valence electrons. The van der Waals surface area contributed by atoms with Crippen LogP contribution >= 0.6 is 0 Å². The molecule has 0 heterocycles. The van der Waals surface area contributed by atoms with Crippen molar-refractivity contribution in [1.29, 1.82) is 0 Å². The van der Waals surface area contributed by atoms with Gasteiger partial charge in [0.1, 0.15) is 0 Å². The lowest BCUT2D eigenvalue weighted by molar-refractivity contribution is -0.136. The van der Waals surface area contributed by atoms with Crippen LogP contribution in [0.25, 0.3) is 0 Å². The molecule has 0 aromatic heterocycles. The first-order valence-corrected chi connectivity index (χ1v) is 6.59. The van der Waals surface area contributed by atoms with E-state index in [0.717, 1.165) is 19.3 Å². The molecular formula is C9H17NO4S. The largest absolute Gasteiger partial charge is 0.480 e. The summed E-state index contributed by atoms with van der Waals surface area (Å²) in [5.41, 5.74) is 0.0886. The molecule has 1 rings (SSSR count). The molecule has 1 saturated carbocycles. The quantitative estimate of drug-likeness (QED) is 0.705. The maximum atomic E-state index is 11.5. The molecule has 0 aliphatic heterocycles. The Bertz CT molecular complexity index is 345. The van der Waals surface area contributed by atoms with Crippen LogP contribution in [0.5, 0.6) is 0 Å². The fourth-order valence-electron chi connectivity index (χ4n) is 1.34. The molecule has 1 aliphatic carbocycles. The van der Waals surface area contributed by atoms with Crippen molar-refractivity contribution in [2.45, 2.75) is 38.4 Å². The Hall–Kier alpha value is -0.620. The summed E-state index contributed by atoms with van der Waals surface area (Å²) in [4.78, 5) is 10.5. The molecule has 0 aromatic rings. The zero-order valence-corrected chi connectivity index (χ0v) is 9.80. The van der Waals surface area contributed by atoms with Crippen molar-refractivity contribution in [3.63, 3.8) is 0 Å². The highest BCUT2D eigenvalue weighted by molar-refractivity contribution is 7.90. The second-order valence-electron chi connectivity index (χ2n) is 4.20. The molecule has 2 N–H and O–H groups in total. The van der Waals surface area contributed by atoms with Crippen LogP contribution in [0.15, 0.2) is 0 Å². The maximum absolute atomic E-state index is 11.5. The second-order valence-corrected chi connectivity index (χ2v) is 6.29. The van der Waals surface area contributed by atoms with Gasteiger partial charge in [-0.2, -0.15) is 0 Å². The van der Waals surface area contributed by atoms with E-state index in [2.05, 4.69) is 4.72 Å². The summed E-state index contributed by atoms with van der Waals surface area (Å²) in [5, 5.41) is 7.22. The lowest BCUT2D eigenvalue weighted by atomic mass is 10.1. The minimum absolute atomic E-state index is 0.0886. The molecule has 0 spiro atoms. The number of hydrogen-bond donors (Lipinski definition) is 2. The number of nitrogens with one attached hydrogen (secondary N) is 1. The fourth-order valence-corrected chi connectivity index (χ4v) is 2.37. The van der Waals surface area contributed by atoms with Gasteiger partial charge in [-0.05, 0) is 31.6 Å². The van der Waals surface area contributed by atoms with Crippen molar-refractivity contribution >= 4 is 16.0 Å². The molecule has 0 saturated heterocycles. The van der Waals surface area contributed by atoms with Crippen molar-refractivity contribution in [1.82, 2.24) is 4.72 Å². The van der Waals surface area contributed by atoms with E-state index in [0.29, 0.717) is 6.54 Å². The average molecular weight is 235 g/mol. The Kier molecular flexibility index (Phi) is 3.40. The SMILES string of the molecule is CCC1(CNS(=O)(=O)C(C)C(=O)O)CC1. The Morgan fingerprint density at radius 2 is 2.07 bits per heavy atom. The lowest BCUT2D eigenvalue weighted by Crippen LogP contribution is -2.40. The number of carboxylic acids is 1. The smallest absolute Gasteiger partial charge is 0.323 e. The normalized spacial score (nSPS) is 20.9. The molecule has 0 aromatic carbocycles. The topological polar surface area (TPSA) is 83.5 Å². The van der Waals surface area contributed by atoms with Gasteiger partial charge in [-0.15, -0.1) is 0 Å². The molecule has 1 atom stereocenters. The summed E-state index contributed by atoms with van der Waals surface area (Å²) in [5.74, 6) is -1.32. The van der Waals surface area contributed by atoms with Crippen LogP contribution in [0.2, 0.25) is 0 Å². The van der Waals surface area contributed by atoms with E-state index >= 15 is 0 Å². The first kappa shape index (κ1) is 12.4. The average Bonchev–Trinajstić information content (AvgIpc) is 2.94. The third-order valence-electron chi connectivity index (χ3n) is 3.17. The highest BCUT2D eigenvalue weighted by Crippen LogP contribution is 2.47. The van der Waals surface area contributed by atoms with Crippen LogP contribution in [0.1, 0.15) is 33.1 Å². The zero-order valence-electron chi connectivity index (χ0n) is 8.99. The van der Waals surface area contributed by atoms with Gasteiger partial charge in [0.15, 0.2) is 5.25 Å². The Morgan fingerprint density at radius 1 is 1.53 bits per heavy atom. The first-order chi connectivity index (χ1) is 6.83. The third kappa shape index (κ3) is 2.92. The summed E-state index contributed by atoms with van der Waals surface area (Å²) in [7, 11) is -3.71. The van der Waals surface area contributed by atoms with Crippen molar-refractivity contribution in [2.75, 3.05) is 6.54 Å². The van der Waals surface area contributed by atoms with Gasteiger partial charge in [-0.3, -0.25) is 4.79 Å². The molecule has 1 unspecified atom stereocenters. The van der Waals surface area contributed by atoms with Crippen molar-refractivity contribution < 1.29 is 18.3 Å². The fraction of sp³-hybridized carbons (Fsp3) is 0.889. The third-order valence-corrected chi connectivity index (χ3v) is 4.85. The summed E-state index contributed by atoms with van der Waals surface area (Å²) < 4.78 is 25.3. The molecule has 0 amide bonds. The molecule has 15 heavy (non-hydrogen) atoms. The van der Waals surface area contributed by atoms with Gasteiger partial charge >= 0.3 is 5.97 Å². The Labute approximate surface area is 89.9 Å². The zero-order chi connectivity index (χ0) is 11.7. The molecule has 0 radical (unpaired) electrons. The maximum Gasteiger partial charge on any atom is 0.323 e. The van der Waals surface area contributed by atoms with E-state index in [4.69, 9.17) is 5.11 Å². The van der Waals surface area contributed by atoms with Crippen molar-refractivity contribution in [3.05, 3.63) is 0 Å². The molecule has 5 nitrogen and oxygen atoms in total. The van der Waals surface area contributed by atoms with Crippen LogP contribution in [-0.2, 0) is 14.8 Å². The first-order valence-electron chi connectivity index (χ1n) is 5.04. The number of hydrogen-bond acceptors (Lipinski definition) is 3. The van der Waals surface area contributed by atoms with Gasteiger partial charge in [0.25, 0.3) is 0 Å². The molecule has 1 fully saturated rings. The van der Waals surface area contributed by atoms with Crippen LogP contribution in [-0.4, -0.2) is 31.3 Å². The number of aliphatic carboxylic acids is 1. The highest BCUT2D eigenvalue weighted by Gasteiger charge is 2.42. The number of carbonyl (C=O) groups is 1. The van der Waals surface area contributed by atoms with Gasteiger partial charge in [0.05, 0.1) is 0 Å².